The van der Waals surface area contributed by atoms with Crippen molar-refractivity contribution in [3.63, 3.8) is 0 Å². The monoisotopic (exact) mass is 272 g/mol. The lowest BCUT2D eigenvalue weighted by atomic mass is 9.92. The zero-order valence-electron chi connectivity index (χ0n) is 11.6. The molecular weight excluding hydrogens is 252 g/mol. The quantitative estimate of drug-likeness (QED) is 0.786. The first-order valence-corrected chi connectivity index (χ1v) is 7.23. The molecule has 4 nitrogen and oxygen atoms in total. The lowest BCUT2D eigenvalue weighted by molar-refractivity contribution is 0.0718. The Morgan fingerprint density at radius 1 is 1.30 bits per heavy atom. The highest BCUT2D eigenvalue weighted by Gasteiger charge is 2.26. The number of carbonyl (C=O) groups excluding carboxylic acids is 1. The third kappa shape index (κ3) is 2.31. The van der Waals surface area contributed by atoms with Crippen LogP contribution in [0, 0.1) is 6.92 Å². The number of benzene rings is 1. The summed E-state index contributed by atoms with van der Waals surface area (Å²) in [4.78, 5) is 15.7. The van der Waals surface area contributed by atoms with Crippen LogP contribution < -0.4 is 5.32 Å². The molecule has 1 fully saturated rings. The van der Waals surface area contributed by atoms with Crippen LogP contribution in [0.25, 0.3) is 10.9 Å². The van der Waals surface area contributed by atoms with Gasteiger partial charge in [0.25, 0.3) is 5.91 Å². The number of fused-ring (bicyclic) bond motifs is 1. The summed E-state index contributed by atoms with van der Waals surface area (Å²) < 4.78 is 0. The average Bonchev–Trinajstić information content (AvgIpc) is 2.77. The van der Waals surface area contributed by atoms with Crippen LogP contribution in [0.3, 0.4) is 0 Å². The van der Waals surface area contributed by atoms with Crippen LogP contribution in [0.15, 0.2) is 24.3 Å². The Labute approximate surface area is 118 Å². The van der Waals surface area contributed by atoms with Crippen molar-refractivity contribution >= 4 is 16.8 Å². The number of aliphatic hydroxyl groups excluding tert-OH is 1. The summed E-state index contributed by atoms with van der Waals surface area (Å²) in [5.74, 6) is -0.0918. The lowest BCUT2D eigenvalue weighted by Gasteiger charge is -2.28. The van der Waals surface area contributed by atoms with Crippen molar-refractivity contribution < 1.29 is 9.90 Å². The van der Waals surface area contributed by atoms with Gasteiger partial charge < -0.3 is 15.4 Å². The molecule has 1 aliphatic carbocycles. The number of hydrogen-bond acceptors (Lipinski definition) is 2. The number of aryl methyl sites for hydroxylation is 1. The van der Waals surface area contributed by atoms with Gasteiger partial charge >= 0.3 is 0 Å². The Bertz CT molecular complexity index is 632. The normalized spacial score (nSPS) is 22.9. The van der Waals surface area contributed by atoms with E-state index in [2.05, 4.69) is 10.3 Å². The molecule has 1 aromatic heterocycles. The summed E-state index contributed by atoms with van der Waals surface area (Å²) in [7, 11) is 0. The van der Waals surface area contributed by atoms with Crippen LogP contribution in [0.5, 0.6) is 0 Å². The van der Waals surface area contributed by atoms with Crippen LogP contribution in [-0.4, -0.2) is 28.1 Å². The third-order valence-electron chi connectivity index (χ3n) is 4.17. The van der Waals surface area contributed by atoms with Crippen molar-refractivity contribution in [3.8, 4) is 0 Å². The van der Waals surface area contributed by atoms with E-state index in [4.69, 9.17) is 0 Å². The molecule has 2 atom stereocenters. The van der Waals surface area contributed by atoms with E-state index < -0.39 is 6.10 Å². The van der Waals surface area contributed by atoms with Crippen LogP contribution in [-0.2, 0) is 0 Å². The zero-order chi connectivity index (χ0) is 14.1. The van der Waals surface area contributed by atoms with E-state index in [1.807, 2.05) is 31.2 Å². The van der Waals surface area contributed by atoms with Crippen molar-refractivity contribution in [2.45, 2.75) is 44.8 Å². The number of amides is 1. The molecule has 4 heteroatoms. The van der Waals surface area contributed by atoms with Gasteiger partial charge in [0.15, 0.2) is 0 Å². The Morgan fingerprint density at radius 2 is 2.05 bits per heavy atom. The summed E-state index contributed by atoms with van der Waals surface area (Å²) in [5, 5.41) is 13.9. The van der Waals surface area contributed by atoms with Gasteiger partial charge in [-0.3, -0.25) is 4.79 Å². The van der Waals surface area contributed by atoms with E-state index in [-0.39, 0.29) is 11.9 Å². The number of aromatic amines is 1. The molecule has 0 spiro atoms. The lowest BCUT2D eigenvalue weighted by Crippen LogP contribution is -2.45. The maximum absolute atomic E-state index is 12.5. The highest BCUT2D eigenvalue weighted by atomic mass is 16.3. The van der Waals surface area contributed by atoms with Gasteiger partial charge in [-0.2, -0.15) is 0 Å². The predicted octanol–water partition coefficient (Wildman–Crippen LogP) is 2.51. The maximum atomic E-state index is 12.5. The molecular formula is C16H20N2O2. The van der Waals surface area contributed by atoms with E-state index in [1.165, 1.54) is 0 Å². The van der Waals surface area contributed by atoms with Crippen molar-refractivity contribution in [1.82, 2.24) is 10.3 Å². The third-order valence-corrected chi connectivity index (χ3v) is 4.17. The molecule has 3 rings (SSSR count). The summed E-state index contributed by atoms with van der Waals surface area (Å²) in [6.07, 6.45) is 3.32. The first-order valence-electron chi connectivity index (χ1n) is 7.23. The fourth-order valence-electron chi connectivity index (χ4n) is 3.09. The number of para-hydroxylation sites is 1. The van der Waals surface area contributed by atoms with Crippen LogP contribution in [0.4, 0.5) is 0 Å². The number of nitrogens with one attached hydrogen (secondary N) is 2. The Hall–Kier alpha value is -1.81. The Balaban J connectivity index is 1.87. The largest absolute Gasteiger partial charge is 0.391 e. The van der Waals surface area contributed by atoms with Crippen molar-refractivity contribution in [2.24, 2.45) is 0 Å². The number of hydrogen-bond donors (Lipinski definition) is 3. The van der Waals surface area contributed by atoms with Gasteiger partial charge in [-0.25, -0.2) is 0 Å². The second kappa shape index (κ2) is 5.29. The Kier molecular flexibility index (Phi) is 3.49. The highest BCUT2D eigenvalue weighted by Crippen LogP contribution is 2.23. The summed E-state index contributed by atoms with van der Waals surface area (Å²) in [6.45, 7) is 1.91. The summed E-state index contributed by atoms with van der Waals surface area (Å²) in [6, 6.07) is 7.68. The van der Waals surface area contributed by atoms with Crippen molar-refractivity contribution in [2.75, 3.05) is 0 Å². The molecule has 3 N–H and O–H groups in total. The van der Waals surface area contributed by atoms with Crippen LogP contribution >= 0.6 is 0 Å². The molecule has 2 unspecified atom stereocenters. The minimum absolute atomic E-state index is 0.0918. The highest BCUT2D eigenvalue weighted by molar-refractivity contribution is 6.08. The van der Waals surface area contributed by atoms with Gasteiger partial charge in [0.2, 0.25) is 0 Å². The summed E-state index contributed by atoms with van der Waals surface area (Å²) >= 11 is 0. The second-order valence-electron chi connectivity index (χ2n) is 5.60. The van der Waals surface area contributed by atoms with E-state index in [0.29, 0.717) is 5.56 Å². The molecule has 1 aromatic carbocycles. The topological polar surface area (TPSA) is 65.1 Å². The number of rotatable bonds is 2. The van der Waals surface area contributed by atoms with Crippen molar-refractivity contribution in [1.29, 1.82) is 0 Å². The first kappa shape index (κ1) is 13.2. The van der Waals surface area contributed by atoms with Gasteiger partial charge in [-0.1, -0.05) is 31.0 Å². The molecule has 1 aliphatic rings. The van der Waals surface area contributed by atoms with Crippen molar-refractivity contribution in [3.05, 3.63) is 35.5 Å². The molecule has 1 saturated carbocycles. The number of carbonyl (C=O) groups is 1. The van der Waals surface area contributed by atoms with Gasteiger partial charge in [0.1, 0.15) is 0 Å². The van der Waals surface area contributed by atoms with E-state index in [0.717, 1.165) is 42.3 Å². The van der Waals surface area contributed by atoms with E-state index >= 15 is 0 Å². The fourth-order valence-corrected chi connectivity index (χ4v) is 3.09. The standard InChI is InChI=1S/C16H20N2O2/c1-10-15(11-6-2-3-7-12(11)17-10)16(20)18-13-8-4-5-9-14(13)19/h2-3,6-7,13-14,17,19H,4-5,8-9H2,1H3,(H,18,20). The molecule has 1 heterocycles. The average molecular weight is 272 g/mol. The van der Waals surface area contributed by atoms with Gasteiger partial charge in [-0.05, 0) is 25.8 Å². The maximum Gasteiger partial charge on any atom is 0.254 e. The van der Waals surface area contributed by atoms with E-state index in [9.17, 15) is 9.90 Å². The molecule has 0 aliphatic heterocycles. The van der Waals surface area contributed by atoms with Gasteiger partial charge in [0.05, 0.1) is 17.7 Å². The van der Waals surface area contributed by atoms with Gasteiger partial charge in [0, 0.05) is 16.6 Å². The molecule has 1 amide bonds. The first-order chi connectivity index (χ1) is 9.66. The van der Waals surface area contributed by atoms with E-state index in [1.54, 1.807) is 0 Å². The molecule has 2 aromatic rings. The number of aromatic nitrogens is 1. The van der Waals surface area contributed by atoms with Gasteiger partial charge in [-0.15, -0.1) is 0 Å². The minimum atomic E-state index is -0.418. The van der Waals surface area contributed by atoms with Crippen LogP contribution in [0.1, 0.15) is 41.7 Å². The second-order valence-corrected chi connectivity index (χ2v) is 5.60. The smallest absolute Gasteiger partial charge is 0.254 e. The molecule has 106 valence electrons. The predicted molar refractivity (Wildman–Crippen MR) is 78.8 cm³/mol. The molecule has 0 saturated heterocycles. The minimum Gasteiger partial charge on any atom is -0.391 e. The fraction of sp³-hybridized carbons (Fsp3) is 0.438. The Morgan fingerprint density at radius 3 is 2.85 bits per heavy atom. The number of H-pyrrole nitrogens is 1. The molecule has 0 radical (unpaired) electrons. The SMILES string of the molecule is Cc1[nH]c2ccccc2c1C(=O)NC1CCCCC1O. The zero-order valence-corrected chi connectivity index (χ0v) is 11.6. The number of aliphatic hydroxyl groups is 1. The molecule has 20 heavy (non-hydrogen) atoms. The molecule has 0 bridgehead atoms. The van der Waals surface area contributed by atoms with Crippen LogP contribution in [0.2, 0.25) is 0 Å². The summed E-state index contributed by atoms with van der Waals surface area (Å²) in [5.41, 5.74) is 2.53.